The first-order valence-corrected chi connectivity index (χ1v) is 6.95. The molecule has 0 unspecified atom stereocenters. The topological polar surface area (TPSA) is 49.0 Å². The Morgan fingerprint density at radius 1 is 1.05 bits per heavy atom. The molecule has 1 heterocycles. The zero-order valence-electron chi connectivity index (χ0n) is 12.4. The maximum Gasteiger partial charge on any atom is 0.264 e. The van der Waals surface area contributed by atoms with E-state index in [1.54, 1.807) is 21.6 Å². The van der Waals surface area contributed by atoms with Crippen LogP contribution < -0.4 is 4.90 Å². The van der Waals surface area contributed by atoms with Crippen molar-refractivity contribution in [2.45, 2.75) is 0 Å². The van der Waals surface area contributed by atoms with Crippen LogP contribution >= 0.6 is 0 Å². The number of aromatic nitrogens is 1. The fourth-order valence-corrected chi connectivity index (χ4v) is 2.68. The standard InChI is InChI=1S/C18H15N3O/c1-20(2)17-15(12-19)14-10-6-7-11-16(14)21(17)18(22)13-8-4-3-5-9-13/h3-11H,1-2H3. The van der Waals surface area contributed by atoms with Crippen LogP contribution in [0.25, 0.3) is 10.9 Å². The molecular weight excluding hydrogens is 274 g/mol. The Bertz CT molecular complexity index is 886. The third-order valence-corrected chi connectivity index (χ3v) is 3.61. The van der Waals surface area contributed by atoms with Gasteiger partial charge < -0.3 is 4.90 Å². The second-order valence-corrected chi connectivity index (χ2v) is 5.23. The summed E-state index contributed by atoms with van der Waals surface area (Å²) in [5.41, 5.74) is 1.86. The molecule has 0 saturated heterocycles. The van der Waals surface area contributed by atoms with Gasteiger partial charge >= 0.3 is 0 Å². The lowest BCUT2D eigenvalue weighted by Gasteiger charge is -2.16. The predicted octanol–water partition coefficient (Wildman–Crippen LogP) is 3.27. The highest BCUT2D eigenvalue weighted by Crippen LogP contribution is 2.32. The minimum Gasteiger partial charge on any atom is -0.363 e. The summed E-state index contributed by atoms with van der Waals surface area (Å²) in [6.45, 7) is 0. The summed E-state index contributed by atoms with van der Waals surface area (Å²) in [5, 5.41) is 10.3. The number of anilines is 1. The monoisotopic (exact) mass is 289 g/mol. The smallest absolute Gasteiger partial charge is 0.264 e. The Balaban J connectivity index is 2.36. The van der Waals surface area contributed by atoms with Gasteiger partial charge in [0, 0.05) is 25.0 Å². The first-order valence-electron chi connectivity index (χ1n) is 6.95. The molecule has 0 bridgehead atoms. The average molecular weight is 289 g/mol. The molecule has 0 aliphatic carbocycles. The van der Waals surface area contributed by atoms with Crippen molar-refractivity contribution < 1.29 is 4.79 Å². The second-order valence-electron chi connectivity index (χ2n) is 5.23. The molecule has 0 saturated carbocycles. The van der Waals surface area contributed by atoms with Gasteiger partial charge in [0.25, 0.3) is 5.91 Å². The molecule has 0 N–H and O–H groups in total. The second kappa shape index (κ2) is 5.38. The van der Waals surface area contributed by atoms with Crippen molar-refractivity contribution in [2.24, 2.45) is 0 Å². The molecule has 108 valence electrons. The van der Waals surface area contributed by atoms with E-state index in [2.05, 4.69) is 6.07 Å². The number of carbonyl (C=O) groups is 1. The summed E-state index contributed by atoms with van der Waals surface area (Å²) in [7, 11) is 3.67. The van der Waals surface area contributed by atoms with E-state index < -0.39 is 0 Å². The van der Waals surface area contributed by atoms with E-state index in [-0.39, 0.29) is 5.91 Å². The van der Waals surface area contributed by atoms with Gasteiger partial charge in [0.1, 0.15) is 17.5 Å². The quantitative estimate of drug-likeness (QED) is 0.727. The number of hydrogen-bond acceptors (Lipinski definition) is 3. The molecule has 0 fully saturated rings. The van der Waals surface area contributed by atoms with Crippen LogP contribution in [-0.4, -0.2) is 24.6 Å². The van der Waals surface area contributed by atoms with E-state index in [0.717, 1.165) is 10.9 Å². The third-order valence-electron chi connectivity index (χ3n) is 3.61. The molecule has 4 heteroatoms. The van der Waals surface area contributed by atoms with Gasteiger partial charge in [0.05, 0.1) is 5.52 Å². The van der Waals surface area contributed by atoms with Crippen LogP contribution in [0.3, 0.4) is 0 Å². The summed E-state index contributed by atoms with van der Waals surface area (Å²) >= 11 is 0. The van der Waals surface area contributed by atoms with Gasteiger partial charge in [-0.15, -0.1) is 0 Å². The van der Waals surface area contributed by atoms with Crippen LogP contribution in [0.4, 0.5) is 5.82 Å². The van der Waals surface area contributed by atoms with E-state index in [0.29, 0.717) is 16.9 Å². The largest absolute Gasteiger partial charge is 0.363 e. The Labute approximate surface area is 128 Å². The van der Waals surface area contributed by atoms with Crippen molar-refractivity contribution in [1.82, 2.24) is 4.57 Å². The summed E-state index contributed by atoms with van der Waals surface area (Å²) < 4.78 is 1.61. The molecule has 1 aromatic heterocycles. The van der Waals surface area contributed by atoms with E-state index in [9.17, 15) is 10.1 Å². The van der Waals surface area contributed by atoms with Gasteiger partial charge in [0.2, 0.25) is 0 Å². The van der Waals surface area contributed by atoms with Crippen molar-refractivity contribution in [2.75, 3.05) is 19.0 Å². The van der Waals surface area contributed by atoms with Crippen molar-refractivity contribution in [1.29, 1.82) is 5.26 Å². The van der Waals surface area contributed by atoms with Crippen molar-refractivity contribution in [3.05, 3.63) is 65.7 Å². The number of hydrogen-bond donors (Lipinski definition) is 0. The van der Waals surface area contributed by atoms with Crippen LogP contribution in [0, 0.1) is 11.3 Å². The summed E-state index contributed by atoms with van der Waals surface area (Å²) in [6, 6.07) is 18.8. The predicted molar refractivity (Wildman–Crippen MR) is 87.2 cm³/mol. The van der Waals surface area contributed by atoms with Crippen molar-refractivity contribution in [3.63, 3.8) is 0 Å². The number of nitriles is 1. The third kappa shape index (κ3) is 2.04. The number of benzene rings is 2. The van der Waals surface area contributed by atoms with E-state index in [4.69, 9.17) is 0 Å². The highest BCUT2D eigenvalue weighted by molar-refractivity contribution is 6.07. The molecule has 3 rings (SSSR count). The Hall–Kier alpha value is -3.06. The highest BCUT2D eigenvalue weighted by atomic mass is 16.2. The van der Waals surface area contributed by atoms with Gasteiger partial charge in [0.15, 0.2) is 0 Å². The number of carbonyl (C=O) groups excluding carboxylic acids is 1. The number of para-hydroxylation sites is 1. The maximum absolute atomic E-state index is 12.9. The number of fused-ring (bicyclic) bond motifs is 1. The van der Waals surface area contributed by atoms with Gasteiger partial charge in [-0.2, -0.15) is 5.26 Å². The lowest BCUT2D eigenvalue weighted by Crippen LogP contribution is -2.20. The lowest BCUT2D eigenvalue weighted by atomic mass is 10.2. The molecule has 0 spiro atoms. The molecule has 0 atom stereocenters. The highest BCUT2D eigenvalue weighted by Gasteiger charge is 2.23. The molecule has 22 heavy (non-hydrogen) atoms. The Morgan fingerprint density at radius 2 is 1.68 bits per heavy atom. The summed E-state index contributed by atoms with van der Waals surface area (Å²) in [5.74, 6) is 0.472. The van der Waals surface area contributed by atoms with Crippen LogP contribution in [0.5, 0.6) is 0 Å². The average Bonchev–Trinajstić information content (AvgIpc) is 2.89. The fraction of sp³-hybridized carbons (Fsp3) is 0.111. The molecule has 0 amide bonds. The lowest BCUT2D eigenvalue weighted by molar-refractivity contribution is 0.0966. The first kappa shape index (κ1) is 13.9. The van der Waals surface area contributed by atoms with Gasteiger partial charge in [-0.3, -0.25) is 9.36 Å². The van der Waals surface area contributed by atoms with Gasteiger partial charge in [-0.25, -0.2) is 0 Å². The molecule has 0 aliphatic rings. The summed E-state index contributed by atoms with van der Waals surface area (Å²) in [6.07, 6.45) is 0. The zero-order valence-corrected chi connectivity index (χ0v) is 12.4. The van der Waals surface area contributed by atoms with E-state index in [1.165, 1.54) is 0 Å². The Morgan fingerprint density at radius 3 is 2.32 bits per heavy atom. The molecule has 0 radical (unpaired) electrons. The molecule has 3 aromatic rings. The number of nitrogens with zero attached hydrogens (tertiary/aromatic N) is 3. The van der Waals surface area contributed by atoms with Crippen LogP contribution in [0.1, 0.15) is 15.9 Å². The van der Waals surface area contributed by atoms with Crippen LogP contribution in [0.15, 0.2) is 54.6 Å². The molecule has 0 aliphatic heterocycles. The zero-order chi connectivity index (χ0) is 15.7. The Kier molecular flexibility index (Phi) is 3.40. The SMILES string of the molecule is CN(C)c1c(C#N)c2ccccc2n1C(=O)c1ccccc1. The van der Waals surface area contributed by atoms with Gasteiger partial charge in [-0.1, -0.05) is 36.4 Å². The van der Waals surface area contributed by atoms with Crippen molar-refractivity contribution >= 4 is 22.6 Å². The molecule has 4 nitrogen and oxygen atoms in total. The van der Waals surface area contributed by atoms with Crippen LogP contribution in [0.2, 0.25) is 0 Å². The first-order chi connectivity index (χ1) is 10.6. The minimum atomic E-state index is -0.137. The van der Waals surface area contributed by atoms with E-state index >= 15 is 0 Å². The van der Waals surface area contributed by atoms with Crippen LogP contribution in [-0.2, 0) is 0 Å². The minimum absolute atomic E-state index is 0.137. The fourth-order valence-electron chi connectivity index (χ4n) is 2.68. The summed E-state index contributed by atoms with van der Waals surface area (Å²) in [4.78, 5) is 14.7. The van der Waals surface area contributed by atoms with Gasteiger partial charge in [-0.05, 0) is 18.2 Å². The maximum atomic E-state index is 12.9. The molecular formula is C18H15N3O. The number of rotatable bonds is 2. The molecule has 2 aromatic carbocycles. The van der Waals surface area contributed by atoms with Crippen molar-refractivity contribution in [3.8, 4) is 6.07 Å². The van der Waals surface area contributed by atoms with E-state index in [1.807, 2.05) is 56.6 Å². The normalized spacial score (nSPS) is 10.4.